The monoisotopic (exact) mass is 417 g/mol. The van der Waals surface area contributed by atoms with E-state index in [2.05, 4.69) is 31.2 Å². The molecule has 1 aliphatic heterocycles. The molecule has 3 aromatic carbocycles. The number of methoxy groups -OCH3 is 2. The van der Waals surface area contributed by atoms with Gasteiger partial charge in [0.1, 0.15) is 5.75 Å². The molecule has 0 bridgehead atoms. The normalized spacial score (nSPS) is 12.8. The zero-order chi connectivity index (χ0) is 21.8. The van der Waals surface area contributed by atoms with Crippen molar-refractivity contribution >= 4 is 5.91 Å². The summed E-state index contributed by atoms with van der Waals surface area (Å²) >= 11 is 0. The predicted molar refractivity (Wildman–Crippen MR) is 121 cm³/mol. The summed E-state index contributed by atoms with van der Waals surface area (Å²) in [5.41, 5.74) is 5.79. The highest BCUT2D eigenvalue weighted by Crippen LogP contribution is 2.33. The van der Waals surface area contributed by atoms with Crippen LogP contribution in [0.15, 0.2) is 60.7 Å². The lowest BCUT2D eigenvalue weighted by Gasteiger charge is -2.29. The van der Waals surface area contributed by atoms with Gasteiger partial charge in [0.05, 0.1) is 14.2 Å². The van der Waals surface area contributed by atoms with E-state index >= 15 is 0 Å². The van der Waals surface area contributed by atoms with Crippen LogP contribution in [0, 0.1) is 6.92 Å². The average Bonchev–Trinajstić information content (AvgIpc) is 2.82. The second kappa shape index (κ2) is 9.13. The van der Waals surface area contributed by atoms with Crippen LogP contribution in [0.3, 0.4) is 0 Å². The minimum atomic E-state index is -0.0250. The van der Waals surface area contributed by atoms with E-state index in [1.54, 1.807) is 14.2 Å². The van der Waals surface area contributed by atoms with Crippen molar-refractivity contribution in [3.8, 4) is 28.4 Å². The second-order valence-electron chi connectivity index (χ2n) is 7.72. The van der Waals surface area contributed by atoms with Gasteiger partial charge >= 0.3 is 0 Å². The SMILES string of the molecule is COc1cc2c(cc1OC)CN(C(=O)COc1ccc(-c3ccc(C)cc3)cc1)CC2. The molecule has 4 rings (SSSR count). The molecule has 0 radical (unpaired) electrons. The van der Waals surface area contributed by atoms with Crippen molar-refractivity contribution in [3.05, 3.63) is 77.4 Å². The number of benzene rings is 3. The molecule has 160 valence electrons. The van der Waals surface area contributed by atoms with Crippen LogP contribution in [0.25, 0.3) is 11.1 Å². The molecule has 0 saturated carbocycles. The molecule has 0 aromatic heterocycles. The van der Waals surface area contributed by atoms with Gasteiger partial charge in [0.15, 0.2) is 18.1 Å². The highest BCUT2D eigenvalue weighted by atomic mass is 16.5. The van der Waals surface area contributed by atoms with Crippen molar-refractivity contribution in [1.29, 1.82) is 0 Å². The summed E-state index contributed by atoms with van der Waals surface area (Å²) < 4.78 is 16.5. The summed E-state index contributed by atoms with van der Waals surface area (Å²) in [5.74, 6) is 2.06. The molecular formula is C26H27NO4. The number of amides is 1. The van der Waals surface area contributed by atoms with Gasteiger partial charge in [0, 0.05) is 13.1 Å². The van der Waals surface area contributed by atoms with E-state index in [0.717, 1.165) is 28.9 Å². The number of hydrogen-bond acceptors (Lipinski definition) is 4. The van der Waals surface area contributed by atoms with Crippen LogP contribution >= 0.6 is 0 Å². The number of ether oxygens (including phenoxy) is 3. The lowest BCUT2D eigenvalue weighted by atomic mass is 9.99. The number of carbonyl (C=O) groups excluding carboxylic acids is 1. The van der Waals surface area contributed by atoms with Crippen LogP contribution in [-0.2, 0) is 17.8 Å². The summed E-state index contributed by atoms with van der Waals surface area (Å²) in [6.45, 7) is 3.31. The van der Waals surface area contributed by atoms with E-state index < -0.39 is 0 Å². The number of aryl methyl sites for hydroxylation is 1. The Morgan fingerprint density at radius 3 is 2.06 bits per heavy atom. The Balaban J connectivity index is 1.36. The van der Waals surface area contributed by atoms with Crippen molar-refractivity contribution in [1.82, 2.24) is 4.90 Å². The Hall–Kier alpha value is -3.47. The van der Waals surface area contributed by atoms with E-state index in [0.29, 0.717) is 24.6 Å². The fourth-order valence-electron chi connectivity index (χ4n) is 3.82. The fraction of sp³-hybridized carbons (Fsp3) is 0.269. The minimum absolute atomic E-state index is 0.0203. The molecule has 31 heavy (non-hydrogen) atoms. The van der Waals surface area contributed by atoms with Crippen LogP contribution < -0.4 is 14.2 Å². The zero-order valence-corrected chi connectivity index (χ0v) is 18.2. The number of rotatable bonds is 6. The lowest BCUT2D eigenvalue weighted by molar-refractivity contribution is -0.134. The topological polar surface area (TPSA) is 48.0 Å². The quantitative estimate of drug-likeness (QED) is 0.586. The molecule has 1 heterocycles. The largest absolute Gasteiger partial charge is 0.493 e. The van der Waals surface area contributed by atoms with E-state index in [4.69, 9.17) is 14.2 Å². The summed E-state index contributed by atoms with van der Waals surface area (Å²) in [5, 5.41) is 0. The molecule has 0 saturated heterocycles. The second-order valence-corrected chi connectivity index (χ2v) is 7.72. The van der Waals surface area contributed by atoms with Crippen LogP contribution in [0.5, 0.6) is 17.2 Å². The standard InChI is InChI=1S/C26H27NO4/c1-18-4-6-19(7-5-18)20-8-10-23(11-9-20)31-17-26(28)27-13-12-21-14-24(29-2)25(30-3)15-22(21)16-27/h4-11,14-15H,12-13,16-17H2,1-3H3. The molecule has 0 atom stereocenters. The maximum Gasteiger partial charge on any atom is 0.260 e. The van der Waals surface area contributed by atoms with Crippen molar-refractivity contribution in [3.63, 3.8) is 0 Å². The van der Waals surface area contributed by atoms with Crippen molar-refractivity contribution in [2.75, 3.05) is 27.4 Å². The van der Waals surface area contributed by atoms with Gasteiger partial charge in [-0.25, -0.2) is 0 Å². The van der Waals surface area contributed by atoms with Crippen molar-refractivity contribution < 1.29 is 19.0 Å². The van der Waals surface area contributed by atoms with Crippen LogP contribution in [0.2, 0.25) is 0 Å². The van der Waals surface area contributed by atoms with Gasteiger partial charge in [-0.15, -0.1) is 0 Å². The number of carbonyl (C=O) groups is 1. The van der Waals surface area contributed by atoms with Crippen molar-refractivity contribution in [2.45, 2.75) is 19.9 Å². The Labute approximate surface area is 183 Å². The third-order valence-electron chi connectivity index (χ3n) is 5.67. The smallest absolute Gasteiger partial charge is 0.260 e. The molecule has 1 amide bonds. The Morgan fingerprint density at radius 1 is 0.871 bits per heavy atom. The molecule has 5 heteroatoms. The third-order valence-corrected chi connectivity index (χ3v) is 5.67. The van der Waals surface area contributed by atoms with Crippen molar-refractivity contribution in [2.24, 2.45) is 0 Å². The fourth-order valence-corrected chi connectivity index (χ4v) is 3.82. The molecule has 0 spiro atoms. The minimum Gasteiger partial charge on any atom is -0.493 e. The highest BCUT2D eigenvalue weighted by Gasteiger charge is 2.23. The summed E-state index contributed by atoms with van der Waals surface area (Å²) in [4.78, 5) is 14.6. The van der Waals surface area contributed by atoms with E-state index in [9.17, 15) is 4.79 Å². The first-order valence-corrected chi connectivity index (χ1v) is 10.4. The van der Waals surface area contributed by atoms with E-state index in [-0.39, 0.29) is 12.5 Å². The molecule has 5 nitrogen and oxygen atoms in total. The Kier molecular flexibility index (Phi) is 6.12. The van der Waals surface area contributed by atoms with Gasteiger partial charge in [0.25, 0.3) is 5.91 Å². The van der Waals surface area contributed by atoms with Gasteiger partial charge in [-0.2, -0.15) is 0 Å². The maximum atomic E-state index is 12.7. The lowest BCUT2D eigenvalue weighted by Crippen LogP contribution is -2.38. The highest BCUT2D eigenvalue weighted by molar-refractivity contribution is 5.78. The average molecular weight is 418 g/mol. The number of hydrogen-bond donors (Lipinski definition) is 0. The molecule has 0 fully saturated rings. The maximum absolute atomic E-state index is 12.7. The Morgan fingerprint density at radius 2 is 1.45 bits per heavy atom. The summed E-state index contributed by atoms with van der Waals surface area (Å²) in [6.07, 6.45) is 0.784. The van der Waals surface area contributed by atoms with E-state index in [1.807, 2.05) is 41.3 Å². The molecule has 0 N–H and O–H groups in total. The van der Waals surface area contributed by atoms with Crippen LogP contribution in [-0.4, -0.2) is 38.2 Å². The molecular weight excluding hydrogens is 390 g/mol. The molecule has 0 aliphatic carbocycles. The van der Waals surface area contributed by atoms with Gasteiger partial charge in [-0.3, -0.25) is 4.79 Å². The van der Waals surface area contributed by atoms with Gasteiger partial charge in [-0.05, 0) is 59.9 Å². The predicted octanol–water partition coefficient (Wildman–Crippen LogP) is 4.64. The van der Waals surface area contributed by atoms with Gasteiger partial charge in [-0.1, -0.05) is 42.0 Å². The van der Waals surface area contributed by atoms with Crippen LogP contribution in [0.1, 0.15) is 16.7 Å². The number of nitrogens with zero attached hydrogens (tertiary/aromatic N) is 1. The molecule has 0 unspecified atom stereocenters. The Bertz CT molecular complexity index is 1060. The first-order chi connectivity index (χ1) is 15.1. The number of fused-ring (bicyclic) bond motifs is 1. The molecule has 3 aromatic rings. The van der Waals surface area contributed by atoms with Crippen LogP contribution in [0.4, 0.5) is 0 Å². The first kappa shape index (κ1) is 20.8. The first-order valence-electron chi connectivity index (χ1n) is 10.4. The summed E-state index contributed by atoms with van der Waals surface area (Å²) in [7, 11) is 3.25. The molecule has 1 aliphatic rings. The zero-order valence-electron chi connectivity index (χ0n) is 18.2. The third kappa shape index (κ3) is 4.66. The van der Waals surface area contributed by atoms with E-state index in [1.165, 1.54) is 11.1 Å². The summed E-state index contributed by atoms with van der Waals surface area (Å²) in [6, 6.07) is 20.2. The van der Waals surface area contributed by atoms with Gasteiger partial charge < -0.3 is 19.1 Å². The van der Waals surface area contributed by atoms with Gasteiger partial charge in [0.2, 0.25) is 0 Å².